The van der Waals surface area contributed by atoms with Crippen LogP contribution in [0.3, 0.4) is 0 Å². The van der Waals surface area contributed by atoms with Crippen LogP contribution in [0.2, 0.25) is 0 Å². The number of hydrogen-bond donors (Lipinski definition) is 0. The van der Waals surface area contributed by atoms with Gasteiger partial charge in [0.05, 0.1) is 0 Å². The second-order valence-electron chi connectivity index (χ2n) is 6.16. The minimum absolute atomic E-state index is 0.426. The highest BCUT2D eigenvalue weighted by atomic mass is 16.2. The molecule has 0 spiro atoms. The third-order valence-electron chi connectivity index (χ3n) is 4.72. The van der Waals surface area contributed by atoms with Crippen LogP contribution in [0, 0.1) is 0 Å². The Labute approximate surface area is 145 Å². The maximum absolute atomic E-state index is 12.7. The second kappa shape index (κ2) is 6.51. The fourth-order valence-corrected chi connectivity index (χ4v) is 3.36. The van der Waals surface area contributed by atoms with Gasteiger partial charge in [0.15, 0.2) is 0 Å². The van der Waals surface area contributed by atoms with E-state index in [4.69, 9.17) is 0 Å². The highest BCUT2D eigenvalue weighted by molar-refractivity contribution is 6.40. The quantitative estimate of drug-likeness (QED) is 0.717. The van der Waals surface area contributed by atoms with Gasteiger partial charge < -0.3 is 14.7 Å². The first-order valence-corrected chi connectivity index (χ1v) is 8.44. The van der Waals surface area contributed by atoms with Crippen LogP contribution in [-0.2, 0) is 16.0 Å². The molecule has 0 aliphatic carbocycles. The van der Waals surface area contributed by atoms with E-state index in [9.17, 15) is 9.59 Å². The largest absolute Gasteiger partial charge is 0.337 e. The number of rotatable bonds is 1. The first-order chi connectivity index (χ1) is 12.2. The molecule has 2 aromatic rings. The van der Waals surface area contributed by atoms with Crippen LogP contribution < -0.4 is 9.80 Å². The molecule has 7 nitrogen and oxygen atoms in total. The number of para-hydroxylation sites is 1. The molecule has 0 radical (unpaired) electrons. The first-order valence-electron chi connectivity index (χ1n) is 8.44. The standard InChI is InChI=1S/C18H19N5O2/c24-16(17(25)23-9-6-14-4-1-2-5-15(14)23)21-10-12-22(13-11-21)18-19-7-3-8-20-18/h1-5,7-8H,6,9-13H2. The molecular formula is C18H19N5O2. The van der Waals surface area contributed by atoms with E-state index in [-0.39, 0.29) is 0 Å². The van der Waals surface area contributed by atoms with Crippen molar-refractivity contribution in [2.45, 2.75) is 6.42 Å². The van der Waals surface area contributed by atoms with Gasteiger partial charge in [-0.2, -0.15) is 0 Å². The van der Waals surface area contributed by atoms with Crippen LogP contribution in [0.5, 0.6) is 0 Å². The van der Waals surface area contributed by atoms with E-state index in [1.165, 1.54) is 0 Å². The summed E-state index contributed by atoms with van der Waals surface area (Å²) >= 11 is 0. The van der Waals surface area contributed by atoms with Gasteiger partial charge in [0.1, 0.15) is 0 Å². The number of amides is 2. The molecule has 0 unspecified atom stereocenters. The minimum Gasteiger partial charge on any atom is -0.337 e. The third kappa shape index (κ3) is 2.93. The third-order valence-corrected chi connectivity index (χ3v) is 4.72. The Balaban J connectivity index is 1.40. The van der Waals surface area contributed by atoms with Gasteiger partial charge in [-0.05, 0) is 24.1 Å². The second-order valence-corrected chi connectivity index (χ2v) is 6.16. The molecule has 2 amide bonds. The summed E-state index contributed by atoms with van der Waals surface area (Å²) in [6.45, 7) is 2.82. The molecule has 0 bridgehead atoms. The number of benzene rings is 1. The van der Waals surface area contributed by atoms with E-state index < -0.39 is 11.8 Å². The summed E-state index contributed by atoms with van der Waals surface area (Å²) in [7, 11) is 0. The Morgan fingerprint density at radius 2 is 1.56 bits per heavy atom. The predicted molar refractivity (Wildman–Crippen MR) is 93.3 cm³/mol. The summed E-state index contributed by atoms with van der Waals surface area (Å²) in [5.74, 6) is -0.200. The van der Waals surface area contributed by atoms with Crippen molar-refractivity contribution in [2.75, 3.05) is 42.5 Å². The Hall–Kier alpha value is -2.96. The minimum atomic E-state index is -0.436. The Morgan fingerprint density at radius 1 is 0.840 bits per heavy atom. The van der Waals surface area contributed by atoms with Gasteiger partial charge in [-0.25, -0.2) is 9.97 Å². The molecule has 0 N–H and O–H groups in total. The maximum Gasteiger partial charge on any atom is 0.316 e. The molecule has 25 heavy (non-hydrogen) atoms. The van der Waals surface area contributed by atoms with E-state index in [2.05, 4.69) is 9.97 Å². The number of nitrogens with zero attached hydrogens (tertiary/aromatic N) is 5. The van der Waals surface area contributed by atoms with Gasteiger partial charge in [0.2, 0.25) is 5.95 Å². The summed E-state index contributed by atoms with van der Waals surface area (Å²) in [5, 5.41) is 0. The molecule has 0 atom stereocenters. The van der Waals surface area contributed by atoms with E-state index in [1.54, 1.807) is 28.3 Å². The topological polar surface area (TPSA) is 69.6 Å². The molecule has 7 heteroatoms. The van der Waals surface area contributed by atoms with E-state index >= 15 is 0 Å². The monoisotopic (exact) mass is 337 g/mol. The van der Waals surface area contributed by atoms with Crippen molar-refractivity contribution < 1.29 is 9.59 Å². The number of carbonyl (C=O) groups excluding carboxylic acids is 2. The fraction of sp³-hybridized carbons (Fsp3) is 0.333. The molecular weight excluding hydrogens is 318 g/mol. The highest BCUT2D eigenvalue weighted by Gasteiger charge is 2.33. The van der Waals surface area contributed by atoms with Crippen molar-refractivity contribution in [3.63, 3.8) is 0 Å². The number of hydrogen-bond acceptors (Lipinski definition) is 5. The van der Waals surface area contributed by atoms with E-state index in [0.29, 0.717) is 38.7 Å². The Morgan fingerprint density at radius 3 is 2.32 bits per heavy atom. The molecule has 1 aromatic heterocycles. The average molecular weight is 337 g/mol. The van der Waals surface area contributed by atoms with Gasteiger partial charge >= 0.3 is 11.8 Å². The lowest BCUT2D eigenvalue weighted by atomic mass is 10.2. The fourth-order valence-electron chi connectivity index (χ4n) is 3.36. The maximum atomic E-state index is 12.7. The van der Waals surface area contributed by atoms with Crippen molar-refractivity contribution in [2.24, 2.45) is 0 Å². The normalized spacial score (nSPS) is 16.7. The van der Waals surface area contributed by atoms with E-state index in [1.807, 2.05) is 29.2 Å². The van der Waals surface area contributed by atoms with E-state index in [0.717, 1.165) is 17.7 Å². The summed E-state index contributed by atoms with van der Waals surface area (Å²) in [4.78, 5) is 39.0. The molecule has 128 valence electrons. The molecule has 3 heterocycles. The number of anilines is 2. The van der Waals surface area contributed by atoms with Gasteiger partial charge in [-0.1, -0.05) is 18.2 Å². The zero-order valence-electron chi connectivity index (χ0n) is 13.8. The van der Waals surface area contributed by atoms with Crippen molar-refractivity contribution in [3.05, 3.63) is 48.3 Å². The molecule has 1 fully saturated rings. The first kappa shape index (κ1) is 15.6. The smallest absolute Gasteiger partial charge is 0.316 e. The van der Waals surface area contributed by atoms with Crippen LogP contribution in [0.25, 0.3) is 0 Å². The summed E-state index contributed by atoms with van der Waals surface area (Å²) < 4.78 is 0. The van der Waals surface area contributed by atoms with Crippen LogP contribution in [-0.4, -0.2) is 59.4 Å². The number of fused-ring (bicyclic) bond motifs is 1. The molecule has 2 aliphatic heterocycles. The predicted octanol–water partition coefficient (Wildman–Crippen LogP) is 0.714. The summed E-state index contributed by atoms with van der Waals surface area (Å²) in [5.41, 5.74) is 1.98. The van der Waals surface area contributed by atoms with Gasteiger partial charge in [0.25, 0.3) is 0 Å². The lowest BCUT2D eigenvalue weighted by Crippen LogP contribution is -2.53. The molecule has 2 aliphatic rings. The summed E-state index contributed by atoms with van der Waals surface area (Å²) in [6.07, 6.45) is 4.21. The Kier molecular flexibility index (Phi) is 4.05. The van der Waals surface area contributed by atoms with Gasteiger partial charge in [-0.15, -0.1) is 0 Å². The number of piperazine rings is 1. The molecule has 4 rings (SSSR count). The summed E-state index contributed by atoms with van der Waals surface area (Å²) in [6, 6.07) is 9.53. The molecule has 1 saturated heterocycles. The number of aromatic nitrogens is 2. The lowest BCUT2D eigenvalue weighted by Gasteiger charge is -2.34. The zero-order valence-corrected chi connectivity index (χ0v) is 13.8. The van der Waals surface area contributed by atoms with Crippen molar-refractivity contribution >= 4 is 23.5 Å². The Bertz CT molecular complexity index is 787. The van der Waals surface area contributed by atoms with Crippen molar-refractivity contribution in [1.82, 2.24) is 14.9 Å². The van der Waals surface area contributed by atoms with Crippen LogP contribution in [0.1, 0.15) is 5.56 Å². The van der Waals surface area contributed by atoms with Crippen LogP contribution in [0.15, 0.2) is 42.7 Å². The van der Waals surface area contributed by atoms with Crippen molar-refractivity contribution in [3.8, 4) is 0 Å². The highest BCUT2D eigenvalue weighted by Crippen LogP contribution is 2.27. The SMILES string of the molecule is O=C(C(=O)N1CCc2ccccc21)N1CCN(c2ncccn2)CC1. The van der Waals surface area contributed by atoms with Gasteiger partial charge in [0, 0.05) is 50.8 Å². The van der Waals surface area contributed by atoms with Crippen molar-refractivity contribution in [1.29, 1.82) is 0 Å². The van der Waals surface area contributed by atoms with Crippen LogP contribution >= 0.6 is 0 Å². The number of carbonyl (C=O) groups is 2. The molecule has 0 saturated carbocycles. The van der Waals surface area contributed by atoms with Gasteiger partial charge in [-0.3, -0.25) is 9.59 Å². The lowest BCUT2D eigenvalue weighted by molar-refractivity contribution is -0.144. The zero-order chi connectivity index (χ0) is 17.2. The molecule has 1 aromatic carbocycles. The average Bonchev–Trinajstić information content (AvgIpc) is 3.12. The van der Waals surface area contributed by atoms with Crippen LogP contribution in [0.4, 0.5) is 11.6 Å².